The van der Waals surface area contributed by atoms with Crippen LogP contribution in [-0.2, 0) is 16.3 Å². The zero-order chi connectivity index (χ0) is 12.5. The molecule has 0 aromatic heterocycles. The van der Waals surface area contributed by atoms with Gasteiger partial charge in [0.15, 0.2) is 0 Å². The summed E-state index contributed by atoms with van der Waals surface area (Å²) in [5.74, 6) is 0. The van der Waals surface area contributed by atoms with Crippen molar-refractivity contribution in [2.45, 2.75) is 18.0 Å². The Morgan fingerprint density at radius 1 is 1.35 bits per heavy atom. The fourth-order valence-corrected chi connectivity index (χ4v) is 2.14. The van der Waals surface area contributed by atoms with Crippen molar-refractivity contribution in [2.24, 2.45) is 5.73 Å². The molecule has 1 aromatic rings. The Morgan fingerprint density at radius 2 is 2.12 bits per heavy atom. The summed E-state index contributed by atoms with van der Waals surface area (Å²) in [6.45, 7) is 1.24. The van der Waals surface area contributed by atoms with Crippen molar-refractivity contribution in [3.05, 3.63) is 35.4 Å². The van der Waals surface area contributed by atoms with Gasteiger partial charge in [-0.05, 0) is 18.1 Å². The van der Waals surface area contributed by atoms with E-state index >= 15 is 0 Å². The molecule has 0 aliphatic carbocycles. The van der Waals surface area contributed by atoms with Gasteiger partial charge in [-0.1, -0.05) is 18.2 Å². The molecule has 1 aromatic carbocycles. The van der Waals surface area contributed by atoms with Crippen LogP contribution in [-0.4, -0.2) is 19.8 Å². The van der Waals surface area contributed by atoms with Crippen LogP contribution in [0.25, 0.3) is 0 Å². The minimum atomic E-state index is -4.31. The fraction of sp³-hybridized carbons (Fsp3) is 0.500. The van der Waals surface area contributed by atoms with Crippen molar-refractivity contribution >= 4 is 0 Å². The third-order valence-corrected chi connectivity index (χ3v) is 3.30. The largest absolute Gasteiger partial charge is 0.416 e. The van der Waals surface area contributed by atoms with E-state index < -0.39 is 17.2 Å². The Balaban J connectivity index is 2.39. The highest BCUT2D eigenvalue weighted by atomic mass is 19.4. The molecule has 5 heteroatoms. The van der Waals surface area contributed by atoms with Crippen molar-refractivity contribution < 1.29 is 17.9 Å². The number of hydrogen-bond acceptors (Lipinski definition) is 2. The highest BCUT2D eigenvalue weighted by molar-refractivity contribution is 5.33. The second-order valence-corrected chi connectivity index (χ2v) is 4.37. The topological polar surface area (TPSA) is 35.2 Å². The van der Waals surface area contributed by atoms with Gasteiger partial charge in [-0.2, -0.15) is 13.2 Å². The molecule has 1 atom stereocenters. The lowest BCUT2D eigenvalue weighted by molar-refractivity contribution is -0.137. The molecule has 1 saturated heterocycles. The summed E-state index contributed by atoms with van der Waals surface area (Å²) in [4.78, 5) is 0. The third-order valence-electron chi connectivity index (χ3n) is 3.30. The number of ether oxygens (including phenoxy) is 1. The van der Waals surface area contributed by atoms with Crippen LogP contribution in [0.5, 0.6) is 0 Å². The first kappa shape index (κ1) is 12.4. The maximum atomic E-state index is 12.6. The Labute approximate surface area is 97.6 Å². The first-order chi connectivity index (χ1) is 7.98. The molecule has 94 valence electrons. The first-order valence-corrected chi connectivity index (χ1v) is 5.43. The van der Waals surface area contributed by atoms with Gasteiger partial charge in [0.2, 0.25) is 0 Å². The summed E-state index contributed by atoms with van der Waals surface area (Å²) in [7, 11) is 0. The van der Waals surface area contributed by atoms with Gasteiger partial charge in [-0.15, -0.1) is 0 Å². The average Bonchev–Trinajstić information content (AvgIpc) is 2.78. The minimum absolute atomic E-state index is 0.300. The van der Waals surface area contributed by atoms with Crippen LogP contribution in [0.1, 0.15) is 17.5 Å². The van der Waals surface area contributed by atoms with Gasteiger partial charge in [-0.25, -0.2) is 0 Å². The lowest BCUT2D eigenvalue weighted by Gasteiger charge is -2.26. The molecule has 1 heterocycles. The summed E-state index contributed by atoms with van der Waals surface area (Å²) in [6, 6.07) is 5.37. The molecule has 1 unspecified atom stereocenters. The molecule has 0 radical (unpaired) electrons. The number of nitrogens with two attached hydrogens (primary N) is 1. The maximum absolute atomic E-state index is 12.6. The average molecular weight is 245 g/mol. The zero-order valence-electron chi connectivity index (χ0n) is 9.26. The molecular formula is C12H14F3NO. The van der Waals surface area contributed by atoms with Gasteiger partial charge in [0, 0.05) is 18.6 Å². The standard InChI is InChI=1S/C12H14F3NO/c13-12(14,15)10-3-1-2-9(6-10)11(7-16)4-5-17-8-11/h1-3,6H,4-5,7-8,16H2. The van der Waals surface area contributed by atoms with Gasteiger partial charge in [-0.3, -0.25) is 0 Å². The van der Waals surface area contributed by atoms with Crippen LogP contribution in [0.15, 0.2) is 24.3 Å². The quantitative estimate of drug-likeness (QED) is 0.867. The van der Waals surface area contributed by atoms with Gasteiger partial charge < -0.3 is 10.5 Å². The maximum Gasteiger partial charge on any atom is 0.416 e. The zero-order valence-corrected chi connectivity index (χ0v) is 9.26. The van der Waals surface area contributed by atoms with Crippen LogP contribution in [0.2, 0.25) is 0 Å². The summed E-state index contributed by atoms with van der Waals surface area (Å²) >= 11 is 0. The molecule has 2 nitrogen and oxygen atoms in total. The van der Waals surface area contributed by atoms with Crippen LogP contribution in [0, 0.1) is 0 Å². The van der Waals surface area contributed by atoms with E-state index in [1.165, 1.54) is 12.1 Å². The van der Waals surface area contributed by atoms with E-state index in [2.05, 4.69) is 0 Å². The summed E-state index contributed by atoms with van der Waals surface area (Å²) in [5, 5.41) is 0. The summed E-state index contributed by atoms with van der Waals surface area (Å²) in [5.41, 5.74) is 5.23. The van der Waals surface area contributed by atoms with E-state index in [9.17, 15) is 13.2 Å². The van der Waals surface area contributed by atoms with E-state index in [4.69, 9.17) is 10.5 Å². The monoisotopic (exact) mass is 245 g/mol. The summed E-state index contributed by atoms with van der Waals surface area (Å²) in [6.07, 6.45) is -3.64. The lowest BCUT2D eigenvalue weighted by atomic mass is 9.79. The smallest absolute Gasteiger partial charge is 0.380 e. The molecular weight excluding hydrogens is 231 g/mol. The molecule has 1 aliphatic heterocycles. The number of benzene rings is 1. The molecule has 2 rings (SSSR count). The molecule has 0 spiro atoms. The van der Waals surface area contributed by atoms with E-state index in [-0.39, 0.29) is 0 Å². The SMILES string of the molecule is NCC1(c2cccc(C(F)(F)F)c2)CCOC1. The molecule has 1 aliphatic rings. The van der Waals surface area contributed by atoms with E-state index in [0.717, 1.165) is 6.07 Å². The normalized spacial score (nSPS) is 25.2. The Hall–Kier alpha value is -1.07. The van der Waals surface area contributed by atoms with Crippen molar-refractivity contribution in [1.82, 2.24) is 0 Å². The number of hydrogen-bond donors (Lipinski definition) is 1. The molecule has 1 fully saturated rings. The second-order valence-electron chi connectivity index (χ2n) is 4.37. The highest BCUT2D eigenvalue weighted by Crippen LogP contribution is 2.36. The van der Waals surface area contributed by atoms with Gasteiger partial charge >= 0.3 is 6.18 Å². The van der Waals surface area contributed by atoms with Crippen LogP contribution >= 0.6 is 0 Å². The Kier molecular flexibility index (Phi) is 3.14. The van der Waals surface area contributed by atoms with Gasteiger partial charge in [0.25, 0.3) is 0 Å². The number of rotatable bonds is 2. The fourth-order valence-electron chi connectivity index (χ4n) is 2.14. The predicted octanol–water partition coefficient (Wildman–Crippen LogP) is 2.32. The van der Waals surface area contributed by atoms with E-state index in [0.29, 0.717) is 31.7 Å². The molecule has 2 N–H and O–H groups in total. The third kappa shape index (κ3) is 2.30. The molecule has 17 heavy (non-hydrogen) atoms. The first-order valence-electron chi connectivity index (χ1n) is 5.43. The van der Waals surface area contributed by atoms with Crippen LogP contribution < -0.4 is 5.73 Å². The van der Waals surface area contributed by atoms with Crippen molar-refractivity contribution in [2.75, 3.05) is 19.8 Å². The predicted molar refractivity (Wildman–Crippen MR) is 57.6 cm³/mol. The van der Waals surface area contributed by atoms with Crippen LogP contribution in [0.3, 0.4) is 0 Å². The molecule has 0 amide bonds. The van der Waals surface area contributed by atoms with Crippen LogP contribution in [0.4, 0.5) is 13.2 Å². The van der Waals surface area contributed by atoms with Gasteiger partial charge in [0.05, 0.1) is 12.2 Å². The lowest BCUT2D eigenvalue weighted by Crippen LogP contribution is -2.35. The van der Waals surface area contributed by atoms with Crippen molar-refractivity contribution in [3.63, 3.8) is 0 Å². The number of alkyl halides is 3. The Bertz CT molecular complexity index is 397. The number of halogens is 3. The van der Waals surface area contributed by atoms with Crippen molar-refractivity contribution in [3.8, 4) is 0 Å². The molecule has 0 saturated carbocycles. The highest BCUT2D eigenvalue weighted by Gasteiger charge is 2.37. The van der Waals surface area contributed by atoms with E-state index in [1.54, 1.807) is 6.07 Å². The minimum Gasteiger partial charge on any atom is -0.380 e. The second kappa shape index (κ2) is 4.31. The summed E-state index contributed by atoms with van der Waals surface area (Å²) < 4.78 is 43.1. The van der Waals surface area contributed by atoms with E-state index in [1.807, 2.05) is 0 Å². The Morgan fingerprint density at radius 3 is 2.65 bits per heavy atom. The molecule has 0 bridgehead atoms. The van der Waals surface area contributed by atoms with Gasteiger partial charge in [0.1, 0.15) is 0 Å². The van der Waals surface area contributed by atoms with Crippen molar-refractivity contribution in [1.29, 1.82) is 0 Å².